The number of nitrogens with one attached hydrogen (secondary N) is 1. The number of nitrogens with zero attached hydrogens (tertiary/aromatic N) is 1. The van der Waals surface area contributed by atoms with E-state index in [1.165, 1.54) is 29.8 Å². The van der Waals surface area contributed by atoms with Gasteiger partial charge in [0.15, 0.2) is 0 Å². The van der Waals surface area contributed by atoms with Crippen LogP contribution in [0.3, 0.4) is 0 Å². The molecule has 0 fully saturated rings. The smallest absolute Gasteiger partial charge is 0.240 e. The normalized spacial score (nSPS) is 12.4. The number of primary sulfonamides is 1. The van der Waals surface area contributed by atoms with Crippen LogP contribution in [0, 0.1) is 0 Å². The standard InChI is InChI=1S/C18H25N3O4S2/c1-2-21(14-12-16-6-4-3-5-7-16)15-13-20-27(24,25)18-10-8-17(9-11-18)26(19,22)23/h3-11,20H,2,12-15H2,1H3,(H2,19,22,23). The van der Waals surface area contributed by atoms with E-state index in [0.717, 1.165) is 19.5 Å². The molecule has 0 heterocycles. The Morgan fingerprint density at radius 3 is 2.04 bits per heavy atom. The van der Waals surface area contributed by atoms with Gasteiger partial charge in [0.1, 0.15) is 0 Å². The molecule has 2 aromatic rings. The van der Waals surface area contributed by atoms with Gasteiger partial charge in [-0.2, -0.15) is 0 Å². The van der Waals surface area contributed by atoms with Gasteiger partial charge in [0.2, 0.25) is 20.0 Å². The number of nitrogens with two attached hydrogens (primary N) is 1. The third kappa shape index (κ3) is 6.71. The molecule has 0 amide bonds. The highest BCUT2D eigenvalue weighted by atomic mass is 32.2. The maximum atomic E-state index is 12.3. The van der Waals surface area contributed by atoms with Crippen molar-refractivity contribution in [2.24, 2.45) is 5.14 Å². The lowest BCUT2D eigenvalue weighted by atomic mass is 10.1. The lowest BCUT2D eigenvalue weighted by molar-refractivity contribution is 0.296. The molecule has 9 heteroatoms. The maximum absolute atomic E-state index is 12.3. The average Bonchev–Trinajstić information content (AvgIpc) is 2.64. The minimum absolute atomic E-state index is 0.00207. The van der Waals surface area contributed by atoms with Crippen molar-refractivity contribution in [2.75, 3.05) is 26.2 Å². The molecular weight excluding hydrogens is 386 g/mol. The zero-order valence-corrected chi connectivity index (χ0v) is 16.8. The predicted molar refractivity (Wildman–Crippen MR) is 105 cm³/mol. The zero-order chi connectivity index (χ0) is 19.9. The Morgan fingerprint density at radius 1 is 0.889 bits per heavy atom. The summed E-state index contributed by atoms with van der Waals surface area (Å²) in [4.78, 5) is 2.04. The van der Waals surface area contributed by atoms with Crippen LogP contribution in [0.1, 0.15) is 12.5 Å². The van der Waals surface area contributed by atoms with Crippen molar-refractivity contribution in [1.29, 1.82) is 0 Å². The quantitative estimate of drug-likeness (QED) is 0.610. The first-order chi connectivity index (χ1) is 12.7. The molecule has 0 atom stereocenters. The van der Waals surface area contributed by atoms with Gasteiger partial charge in [-0.15, -0.1) is 0 Å². The van der Waals surface area contributed by atoms with Crippen LogP contribution in [0.15, 0.2) is 64.4 Å². The number of sulfonamides is 2. The summed E-state index contributed by atoms with van der Waals surface area (Å²) >= 11 is 0. The molecule has 0 aliphatic heterocycles. The Labute approximate surface area is 161 Å². The average molecular weight is 412 g/mol. The first-order valence-electron chi connectivity index (χ1n) is 8.61. The molecule has 0 aliphatic carbocycles. The van der Waals surface area contributed by atoms with Crippen molar-refractivity contribution in [3.05, 3.63) is 60.2 Å². The molecule has 0 radical (unpaired) electrons. The molecule has 148 valence electrons. The Hall–Kier alpha value is -1.78. The molecule has 0 unspecified atom stereocenters. The van der Waals surface area contributed by atoms with Crippen LogP contribution in [-0.2, 0) is 26.5 Å². The minimum atomic E-state index is -3.85. The minimum Gasteiger partial charge on any atom is -0.302 e. The SMILES string of the molecule is CCN(CCNS(=O)(=O)c1ccc(S(N)(=O)=O)cc1)CCc1ccccc1. The fourth-order valence-electron chi connectivity index (χ4n) is 2.59. The first-order valence-corrected chi connectivity index (χ1v) is 11.6. The third-order valence-corrected chi connectivity index (χ3v) is 6.60. The summed E-state index contributed by atoms with van der Waals surface area (Å²) < 4.78 is 49.7. The summed E-state index contributed by atoms with van der Waals surface area (Å²) in [6, 6.07) is 14.9. The van der Waals surface area contributed by atoms with Crippen LogP contribution in [0.2, 0.25) is 0 Å². The van der Waals surface area contributed by atoms with Gasteiger partial charge in [0.05, 0.1) is 9.79 Å². The molecule has 0 saturated carbocycles. The van der Waals surface area contributed by atoms with Gasteiger partial charge in [-0.1, -0.05) is 37.3 Å². The van der Waals surface area contributed by atoms with Gasteiger partial charge in [0, 0.05) is 19.6 Å². The first kappa shape index (κ1) is 21.5. The monoisotopic (exact) mass is 411 g/mol. The van der Waals surface area contributed by atoms with Gasteiger partial charge < -0.3 is 4.90 Å². The second-order valence-electron chi connectivity index (χ2n) is 6.08. The van der Waals surface area contributed by atoms with Crippen molar-refractivity contribution < 1.29 is 16.8 Å². The molecule has 0 aromatic heterocycles. The van der Waals surface area contributed by atoms with E-state index in [0.29, 0.717) is 6.54 Å². The molecule has 3 N–H and O–H groups in total. The topological polar surface area (TPSA) is 110 Å². The summed E-state index contributed by atoms with van der Waals surface area (Å²) in [6.07, 6.45) is 0.899. The van der Waals surface area contributed by atoms with Gasteiger partial charge in [-0.25, -0.2) is 26.7 Å². The Balaban J connectivity index is 1.88. The van der Waals surface area contributed by atoms with Crippen molar-refractivity contribution in [3.8, 4) is 0 Å². The Kier molecular flexibility index (Phi) is 7.51. The van der Waals surface area contributed by atoms with E-state index in [1.54, 1.807) is 0 Å². The summed E-state index contributed by atoms with van der Waals surface area (Å²) in [6.45, 7) is 4.54. The summed E-state index contributed by atoms with van der Waals surface area (Å²) in [5.41, 5.74) is 1.24. The van der Waals surface area contributed by atoms with Crippen LogP contribution < -0.4 is 9.86 Å². The molecule has 2 aromatic carbocycles. The molecule has 2 rings (SSSR count). The van der Waals surface area contributed by atoms with Crippen molar-refractivity contribution in [2.45, 2.75) is 23.1 Å². The van der Waals surface area contributed by atoms with Gasteiger partial charge >= 0.3 is 0 Å². The molecular formula is C18H25N3O4S2. The van der Waals surface area contributed by atoms with E-state index in [1.807, 2.05) is 25.1 Å². The van der Waals surface area contributed by atoms with Crippen molar-refractivity contribution >= 4 is 20.0 Å². The zero-order valence-electron chi connectivity index (χ0n) is 15.2. The molecule has 0 bridgehead atoms. The van der Waals surface area contributed by atoms with E-state index in [2.05, 4.69) is 21.8 Å². The molecule has 7 nitrogen and oxygen atoms in total. The van der Waals surface area contributed by atoms with E-state index in [9.17, 15) is 16.8 Å². The number of hydrogen-bond donors (Lipinski definition) is 2. The lowest BCUT2D eigenvalue weighted by Gasteiger charge is -2.20. The Bertz CT molecular complexity index is 928. The lowest BCUT2D eigenvalue weighted by Crippen LogP contribution is -2.36. The predicted octanol–water partition coefficient (Wildman–Crippen LogP) is 1.18. The highest BCUT2D eigenvalue weighted by Gasteiger charge is 2.16. The largest absolute Gasteiger partial charge is 0.302 e. The van der Waals surface area contributed by atoms with E-state index < -0.39 is 20.0 Å². The fourth-order valence-corrected chi connectivity index (χ4v) is 4.13. The summed E-state index contributed by atoms with van der Waals surface area (Å²) in [5, 5.41) is 5.02. The second kappa shape index (κ2) is 9.43. The summed E-state index contributed by atoms with van der Waals surface area (Å²) in [7, 11) is -7.55. The highest BCUT2D eigenvalue weighted by molar-refractivity contribution is 7.89. The number of likely N-dealkylation sites (N-methyl/N-ethyl adjacent to an activating group) is 1. The molecule has 0 spiro atoms. The van der Waals surface area contributed by atoms with Crippen LogP contribution in [0.5, 0.6) is 0 Å². The maximum Gasteiger partial charge on any atom is 0.240 e. The van der Waals surface area contributed by atoms with Gasteiger partial charge in [-0.3, -0.25) is 0 Å². The number of rotatable bonds is 10. The molecule has 27 heavy (non-hydrogen) atoms. The van der Waals surface area contributed by atoms with Crippen LogP contribution in [0.4, 0.5) is 0 Å². The Morgan fingerprint density at radius 2 is 1.48 bits per heavy atom. The third-order valence-electron chi connectivity index (χ3n) is 4.19. The summed E-state index contributed by atoms with van der Waals surface area (Å²) in [5.74, 6) is 0. The fraction of sp³-hybridized carbons (Fsp3) is 0.333. The van der Waals surface area contributed by atoms with E-state index >= 15 is 0 Å². The number of hydrogen-bond acceptors (Lipinski definition) is 5. The van der Waals surface area contributed by atoms with E-state index in [-0.39, 0.29) is 16.3 Å². The van der Waals surface area contributed by atoms with Gasteiger partial charge in [0.25, 0.3) is 0 Å². The van der Waals surface area contributed by atoms with Crippen LogP contribution in [0.25, 0.3) is 0 Å². The second-order valence-corrected chi connectivity index (χ2v) is 9.41. The van der Waals surface area contributed by atoms with Crippen LogP contribution in [-0.4, -0.2) is 47.9 Å². The number of benzene rings is 2. The van der Waals surface area contributed by atoms with E-state index in [4.69, 9.17) is 5.14 Å². The van der Waals surface area contributed by atoms with Crippen molar-refractivity contribution in [3.63, 3.8) is 0 Å². The van der Waals surface area contributed by atoms with Crippen LogP contribution >= 0.6 is 0 Å². The van der Waals surface area contributed by atoms with Gasteiger partial charge in [-0.05, 0) is 42.8 Å². The van der Waals surface area contributed by atoms with Crippen molar-refractivity contribution in [1.82, 2.24) is 9.62 Å². The highest BCUT2D eigenvalue weighted by Crippen LogP contribution is 2.13. The molecule has 0 aliphatic rings. The molecule has 0 saturated heterocycles.